The van der Waals surface area contributed by atoms with E-state index in [0.29, 0.717) is 73.9 Å². The third-order valence-corrected chi connectivity index (χ3v) is 19.3. The minimum atomic E-state index is -4.63. The standard InChI is InChI=1S/C57H72N8O9S/c1-36(2)42-8-6-7-9-43(42)50-33-56(4,72-5)20-26-63(50)40-31-57(32-40)21-24-62(25-22-57)39-10-12-44(47(29-39)64-46-17-27-73-35-51(46)74-54-49(64)28-38-16-23-58-52(38)60-54)53(66)61-75(70,71)41-11-13-45(48(30-41)65(68)69)59-34-37-14-18-55(3,67)19-15-37/h6-13,16,23,28-30,36-37,40,46,50-51,59,67H,14-15,17-22,24-27,31-35H2,1-5H3,(H,58,60)(H,61,66)/t37-,46-,50-,51-,55-,56-/m0/s1. The number of benzene rings is 3. The number of pyridine rings is 1. The summed E-state index contributed by atoms with van der Waals surface area (Å²) in [6.07, 6.45) is 11.0. The number of nitro groups is 1. The van der Waals surface area contributed by atoms with Crippen molar-refractivity contribution >= 4 is 55.4 Å². The van der Waals surface area contributed by atoms with Gasteiger partial charge in [0.15, 0.2) is 0 Å². The minimum absolute atomic E-state index is 0.115. The number of hydrogen-bond donors (Lipinski definition) is 4. The maximum atomic E-state index is 14.8. The number of carbonyl (C=O) groups is 1. The predicted octanol–water partition coefficient (Wildman–Crippen LogP) is 9.75. The highest BCUT2D eigenvalue weighted by atomic mass is 32.2. The van der Waals surface area contributed by atoms with Crippen LogP contribution in [-0.4, -0.2) is 115 Å². The van der Waals surface area contributed by atoms with Gasteiger partial charge in [-0.2, -0.15) is 4.98 Å². The van der Waals surface area contributed by atoms with Gasteiger partial charge in [0.1, 0.15) is 23.1 Å². The summed E-state index contributed by atoms with van der Waals surface area (Å²) in [6, 6.07) is 22.6. The second kappa shape index (κ2) is 20.0. The molecule has 6 heterocycles. The first kappa shape index (κ1) is 51.3. The summed E-state index contributed by atoms with van der Waals surface area (Å²) in [7, 11) is -2.77. The molecule has 2 aliphatic carbocycles. The number of rotatable bonds is 13. The largest absolute Gasteiger partial charge is 0.468 e. The molecule has 2 saturated carbocycles. The highest BCUT2D eigenvalue weighted by Gasteiger charge is 2.52. The van der Waals surface area contributed by atoms with Crippen molar-refractivity contribution in [1.29, 1.82) is 0 Å². The van der Waals surface area contributed by atoms with E-state index in [2.05, 4.69) is 74.8 Å². The van der Waals surface area contributed by atoms with Crippen molar-refractivity contribution in [1.82, 2.24) is 19.6 Å². The van der Waals surface area contributed by atoms with E-state index in [0.717, 1.165) is 88.1 Å². The number of H-pyrrole nitrogens is 1. The van der Waals surface area contributed by atoms with Crippen LogP contribution in [0.4, 0.5) is 28.4 Å². The van der Waals surface area contributed by atoms with Crippen molar-refractivity contribution in [2.45, 2.75) is 145 Å². The molecule has 4 atom stereocenters. The van der Waals surface area contributed by atoms with Gasteiger partial charge in [0.2, 0.25) is 5.88 Å². The molecule has 18 heteroatoms. The molecule has 0 bridgehead atoms. The van der Waals surface area contributed by atoms with Crippen LogP contribution in [0.3, 0.4) is 0 Å². The van der Waals surface area contributed by atoms with Crippen molar-refractivity contribution in [3.63, 3.8) is 0 Å². The number of aromatic amines is 1. The van der Waals surface area contributed by atoms with Crippen molar-refractivity contribution in [2.75, 3.05) is 61.6 Å². The van der Waals surface area contributed by atoms with Crippen LogP contribution in [0.2, 0.25) is 0 Å². The number of piperidine rings is 2. The van der Waals surface area contributed by atoms with Gasteiger partial charge in [0, 0.05) is 75.3 Å². The predicted molar refractivity (Wildman–Crippen MR) is 289 cm³/mol. The van der Waals surface area contributed by atoms with Crippen molar-refractivity contribution < 1.29 is 37.5 Å². The Labute approximate surface area is 439 Å². The number of anilines is 4. The third-order valence-electron chi connectivity index (χ3n) is 17.9. The fourth-order valence-electron chi connectivity index (χ4n) is 13.3. The number of nitrogens with one attached hydrogen (secondary N) is 3. The number of hydrogen-bond acceptors (Lipinski definition) is 14. The summed E-state index contributed by atoms with van der Waals surface area (Å²) < 4.78 is 49.3. The molecule has 3 aromatic carbocycles. The maximum Gasteiger partial charge on any atom is 0.293 e. The van der Waals surface area contributed by atoms with Gasteiger partial charge in [-0.3, -0.25) is 19.8 Å². The molecule has 5 aromatic rings. The van der Waals surface area contributed by atoms with Gasteiger partial charge in [-0.05, 0) is 155 Å². The Balaban J connectivity index is 0.864. The van der Waals surface area contributed by atoms with Crippen LogP contribution in [0.25, 0.3) is 11.0 Å². The van der Waals surface area contributed by atoms with E-state index in [1.54, 1.807) is 6.07 Å². The van der Waals surface area contributed by atoms with Gasteiger partial charge in [-0.15, -0.1) is 0 Å². The second-order valence-electron chi connectivity index (χ2n) is 23.3. The van der Waals surface area contributed by atoms with Crippen LogP contribution in [0, 0.1) is 21.4 Å². The van der Waals surface area contributed by atoms with Gasteiger partial charge < -0.3 is 39.4 Å². The summed E-state index contributed by atoms with van der Waals surface area (Å²) in [5.41, 5.74) is 4.76. The van der Waals surface area contributed by atoms with E-state index >= 15 is 0 Å². The van der Waals surface area contributed by atoms with Crippen LogP contribution < -0.4 is 24.6 Å². The summed E-state index contributed by atoms with van der Waals surface area (Å²) in [6.45, 7) is 12.5. The highest BCUT2D eigenvalue weighted by Crippen LogP contribution is 2.55. The van der Waals surface area contributed by atoms with Crippen LogP contribution >= 0.6 is 0 Å². The lowest BCUT2D eigenvalue weighted by Crippen LogP contribution is -2.58. The van der Waals surface area contributed by atoms with Crippen molar-refractivity contribution in [2.24, 2.45) is 11.3 Å². The molecule has 11 rings (SSSR count). The van der Waals surface area contributed by atoms with Gasteiger partial charge in [0.05, 0.1) is 44.9 Å². The Morgan fingerprint density at radius 2 is 1.73 bits per heavy atom. The normalized spacial score (nSPS) is 27.1. The first-order valence-electron chi connectivity index (χ1n) is 27.0. The van der Waals surface area contributed by atoms with Gasteiger partial charge in [-0.1, -0.05) is 38.1 Å². The maximum absolute atomic E-state index is 14.8. The van der Waals surface area contributed by atoms with Crippen molar-refractivity contribution in [3.8, 4) is 5.88 Å². The number of methoxy groups -OCH3 is 1. The number of nitro benzene ring substituents is 1. The first-order chi connectivity index (χ1) is 35.9. The summed E-state index contributed by atoms with van der Waals surface area (Å²) in [5, 5.41) is 26.8. The summed E-state index contributed by atoms with van der Waals surface area (Å²) >= 11 is 0. The van der Waals surface area contributed by atoms with Crippen LogP contribution in [0.5, 0.6) is 5.88 Å². The zero-order chi connectivity index (χ0) is 52.4. The number of sulfonamides is 1. The topological polar surface area (TPSA) is 205 Å². The molecule has 5 fully saturated rings. The number of ether oxygens (including phenoxy) is 3. The number of carbonyl (C=O) groups excluding carboxylic acids is 1. The quantitative estimate of drug-likeness (QED) is 0.0641. The molecule has 400 valence electrons. The molecule has 3 saturated heterocycles. The highest BCUT2D eigenvalue weighted by molar-refractivity contribution is 7.90. The van der Waals surface area contributed by atoms with Crippen LogP contribution in [0.1, 0.15) is 132 Å². The molecule has 4 aliphatic heterocycles. The fourth-order valence-corrected chi connectivity index (χ4v) is 14.2. The first-order valence-corrected chi connectivity index (χ1v) is 28.5. The monoisotopic (exact) mass is 1040 g/mol. The van der Waals surface area contributed by atoms with E-state index in [1.807, 2.05) is 44.5 Å². The molecule has 0 radical (unpaired) electrons. The van der Waals surface area contributed by atoms with Crippen LogP contribution in [-0.2, 0) is 19.5 Å². The zero-order valence-electron chi connectivity index (χ0n) is 43.8. The lowest BCUT2D eigenvalue weighted by atomic mass is 9.59. The van der Waals surface area contributed by atoms with E-state index in [9.17, 15) is 28.4 Å². The number of aromatic nitrogens is 2. The number of aliphatic hydroxyl groups is 1. The van der Waals surface area contributed by atoms with Crippen LogP contribution in [0.15, 0.2) is 83.9 Å². The number of nitrogens with zero attached hydrogens (tertiary/aromatic N) is 5. The Morgan fingerprint density at radius 1 is 0.960 bits per heavy atom. The molecule has 4 N–H and O–H groups in total. The number of amides is 1. The second-order valence-corrected chi connectivity index (χ2v) is 25.0. The molecule has 0 unspecified atom stereocenters. The molecular formula is C57H72N8O9S. The number of likely N-dealkylation sites (tertiary alicyclic amines) is 1. The average molecular weight is 1050 g/mol. The Hall–Kier alpha value is -5.79. The van der Waals surface area contributed by atoms with E-state index < -0.39 is 43.1 Å². The fraction of sp³-hybridized carbons (Fsp3) is 0.544. The molecule has 2 aromatic heterocycles. The molecule has 1 spiro atoms. The SMILES string of the molecule is CO[C@@]1(C)CCN(C2CC3(CCN(c4ccc(C(=O)NS(=O)(=O)c5ccc(NC[C@H]6CC[C@](C)(O)CC6)c([N+](=O)[O-])c5)c(N5c6cc7cc[nH]c7nc6O[C@H]6COCC[C@@H]65)c4)CC3)C2)[C@H](c2ccccc2C(C)C)C1. The Morgan fingerprint density at radius 3 is 2.48 bits per heavy atom. The minimum Gasteiger partial charge on any atom is -0.468 e. The smallest absolute Gasteiger partial charge is 0.293 e. The van der Waals surface area contributed by atoms with E-state index in [4.69, 9.17) is 19.2 Å². The van der Waals surface area contributed by atoms with Gasteiger partial charge >= 0.3 is 0 Å². The summed E-state index contributed by atoms with van der Waals surface area (Å²) in [4.78, 5) is 41.4. The van der Waals surface area contributed by atoms with Crippen molar-refractivity contribution in [3.05, 3.63) is 106 Å². The molecule has 17 nitrogen and oxygen atoms in total. The molecule has 1 amide bonds. The number of fused-ring (bicyclic) bond motifs is 3. The van der Waals surface area contributed by atoms with Gasteiger partial charge in [-0.25, -0.2) is 13.1 Å². The zero-order valence-corrected chi connectivity index (χ0v) is 44.7. The average Bonchev–Trinajstić information content (AvgIpc) is 3.85. The Kier molecular flexibility index (Phi) is 13.7. The Bertz CT molecular complexity index is 3060. The summed E-state index contributed by atoms with van der Waals surface area (Å²) in [5.74, 6) is 0.109. The van der Waals surface area contributed by atoms with Gasteiger partial charge in [0.25, 0.3) is 21.6 Å². The third kappa shape index (κ3) is 10.1. The van der Waals surface area contributed by atoms with E-state index in [1.165, 1.54) is 23.3 Å². The molecular weight excluding hydrogens is 973 g/mol. The lowest BCUT2D eigenvalue weighted by Gasteiger charge is -2.59. The lowest BCUT2D eigenvalue weighted by molar-refractivity contribution is -0.384. The molecule has 6 aliphatic rings. The van der Waals surface area contributed by atoms with E-state index in [-0.39, 0.29) is 40.3 Å². The molecule has 75 heavy (non-hydrogen) atoms.